The van der Waals surface area contributed by atoms with Gasteiger partial charge < -0.3 is 9.47 Å². The predicted molar refractivity (Wildman–Crippen MR) is 155 cm³/mol. The third kappa shape index (κ3) is 9.93. The zero-order chi connectivity index (χ0) is 26.5. The fourth-order valence-electron chi connectivity index (χ4n) is 5.48. The first kappa shape index (κ1) is 29.4. The minimum absolute atomic E-state index is 0.175. The van der Waals surface area contributed by atoms with E-state index in [4.69, 9.17) is 9.47 Å². The minimum atomic E-state index is 0.175. The molecule has 0 spiro atoms. The molecule has 204 valence electrons. The Hall–Kier alpha value is -2.13. The van der Waals surface area contributed by atoms with Gasteiger partial charge in [-0.05, 0) is 92.5 Å². The Morgan fingerprint density at radius 3 is 2.43 bits per heavy atom. The zero-order valence-electron chi connectivity index (χ0n) is 24.0. The quantitative estimate of drug-likeness (QED) is 0.213. The number of rotatable bonds is 12. The van der Waals surface area contributed by atoms with Gasteiger partial charge in [-0.15, -0.1) is 0 Å². The second-order valence-corrected chi connectivity index (χ2v) is 11.2. The Bertz CT molecular complexity index is 958. The lowest BCUT2D eigenvalue weighted by atomic mass is 9.95. The van der Waals surface area contributed by atoms with Crippen LogP contribution in [0, 0.1) is 5.92 Å². The van der Waals surface area contributed by atoms with Gasteiger partial charge in [0.1, 0.15) is 5.75 Å². The average molecular weight is 507 g/mol. The molecule has 0 saturated carbocycles. The summed E-state index contributed by atoms with van der Waals surface area (Å²) in [6.45, 7) is 10.1. The van der Waals surface area contributed by atoms with Crippen LogP contribution in [0.1, 0.15) is 118 Å². The molecule has 2 heterocycles. The number of hydrogen-bond donors (Lipinski definition) is 0. The lowest BCUT2D eigenvalue weighted by Crippen LogP contribution is -2.18. The van der Waals surface area contributed by atoms with Gasteiger partial charge in [0.25, 0.3) is 0 Å². The van der Waals surface area contributed by atoms with Crippen molar-refractivity contribution in [1.82, 2.24) is 0 Å². The second kappa shape index (κ2) is 16.0. The monoisotopic (exact) mass is 506 g/mol. The van der Waals surface area contributed by atoms with Gasteiger partial charge in [0.2, 0.25) is 0 Å². The van der Waals surface area contributed by atoms with Gasteiger partial charge in [0, 0.05) is 12.2 Å². The van der Waals surface area contributed by atoms with Crippen LogP contribution < -0.4 is 4.74 Å². The highest BCUT2D eigenvalue weighted by molar-refractivity contribution is 5.95. The molecule has 1 saturated heterocycles. The molecule has 4 rings (SSSR count). The Balaban J connectivity index is 0.000000206. The van der Waals surface area contributed by atoms with Crippen molar-refractivity contribution in [2.24, 2.45) is 5.92 Å². The molecule has 2 aliphatic heterocycles. The normalized spacial score (nSPS) is 18.5. The molecular formula is C34H50O3. The van der Waals surface area contributed by atoms with E-state index in [1.165, 1.54) is 80.0 Å². The number of aryl methyl sites for hydroxylation is 3. The van der Waals surface area contributed by atoms with Crippen molar-refractivity contribution >= 4 is 5.78 Å². The zero-order valence-corrected chi connectivity index (χ0v) is 24.0. The van der Waals surface area contributed by atoms with E-state index >= 15 is 0 Å². The molecule has 0 aromatic heterocycles. The van der Waals surface area contributed by atoms with Crippen LogP contribution in [0.2, 0.25) is 0 Å². The summed E-state index contributed by atoms with van der Waals surface area (Å²) in [4.78, 5) is 11.6. The van der Waals surface area contributed by atoms with E-state index in [1.54, 1.807) is 6.92 Å². The number of unbranched alkanes of at least 4 members (excludes halogenated alkanes) is 4. The molecule has 0 amide bonds. The largest absolute Gasteiger partial charge is 0.493 e. The van der Waals surface area contributed by atoms with Gasteiger partial charge in [0.05, 0.1) is 12.7 Å². The molecule has 2 unspecified atom stereocenters. The standard InChI is InChI=1S/C17H24O2.C17H26O/c1-3-5-15-12-14(8-10-17(15)13(2)18)7-9-16-6-4-11-19-16;1-3-4-5-6-7-8-15-9-10-16-11-14(2)13-18-17(16)12-15/h8,10,12,16H,3-7,9,11H2,1-2H3;9-10,12,14H,3-8,11,13H2,1-2H3. The molecule has 3 heteroatoms. The van der Waals surface area contributed by atoms with Gasteiger partial charge >= 0.3 is 0 Å². The highest BCUT2D eigenvalue weighted by Gasteiger charge is 2.17. The van der Waals surface area contributed by atoms with Gasteiger partial charge in [-0.25, -0.2) is 0 Å². The number of hydrogen-bond acceptors (Lipinski definition) is 3. The average Bonchev–Trinajstić information content (AvgIpc) is 3.42. The fraction of sp³-hybridized carbons (Fsp3) is 0.618. The summed E-state index contributed by atoms with van der Waals surface area (Å²) in [5.41, 5.74) is 6.27. The van der Waals surface area contributed by atoms with Crippen LogP contribution in [0.15, 0.2) is 36.4 Å². The molecular weight excluding hydrogens is 456 g/mol. The highest BCUT2D eigenvalue weighted by atomic mass is 16.5. The van der Waals surface area contributed by atoms with E-state index in [9.17, 15) is 4.79 Å². The summed E-state index contributed by atoms with van der Waals surface area (Å²) in [5.74, 6) is 1.98. The minimum Gasteiger partial charge on any atom is -0.493 e. The topological polar surface area (TPSA) is 35.5 Å². The Morgan fingerprint density at radius 2 is 1.70 bits per heavy atom. The molecule has 2 aliphatic rings. The molecule has 3 nitrogen and oxygen atoms in total. The van der Waals surface area contributed by atoms with Crippen LogP contribution in [-0.2, 0) is 30.4 Å². The summed E-state index contributed by atoms with van der Waals surface area (Å²) in [6.07, 6.45) is 16.2. The molecule has 2 atom stereocenters. The maximum atomic E-state index is 11.6. The van der Waals surface area contributed by atoms with E-state index in [-0.39, 0.29) is 5.78 Å². The summed E-state index contributed by atoms with van der Waals surface area (Å²) in [7, 11) is 0. The third-order valence-corrected chi connectivity index (χ3v) is 7.64. The molecule has 0 radical (unpaired) electrons. The van der Waals surface area contributed by atoms with Gasteiger partial charge in [-0.1, -0.05) is 83.2 Å². The van der Waals surface area contributed by atoms with E-state index in [1.807, 2.05) is 6.07 Å². The number of carbonyl (C=O) groups is 1. The van der Waals surface area contributed by atoms with E-state index in [0.717, 1.165) is 50.2 Å². The van der Waals surface area contributed by atoms with Gasteiger partial charge in [0.15, 0.2) is 5.78 Å². The summed E-state index contributed by atoms with van der Waals surface area (Å²) in [5, 5.41) is 0. The maximum absolute atomic E-state index is 11.6. The number of ether oxygens (including phenoxy) is 2. The van der Waals surface area contributed by atoms with Crippen LogP contribution in [0.5, 0.6) is 5.75 Å². The van der Waals surface area contributed by atoms with E-state index in [0.29, 0.717) is 12.0 Å². The van der Waals surface area contributed by atoms with Crippen LogP contribution in [0.4, 0.5) is 0 Å². The van der Waals surface area contributed by atoms with Gasteiger partial charge in [-0.3, -0.25) is 4.79 Å². The van der Waals surface area contributed by atoms with E-state index < -0.39 is 0 Å². The molecule has 2 aromatic carbocycles. The van der Waals surface area contributed by atoms with Crippen molar-refractivity contribution in [1.29, 1.82) is 0 Å². The molecule has 37 heavy (non-hydrogen) atoms. The van der Waals surface area contributed by atoms with Crippen LogP contribution in [-0.4, -0.2) is 25.1 Å². The van der Waals surface area contributed by atoms with Crippen LogP contribution in [0.25, 0.3) is 0 Å². The van der Waals surface area contributed by atoms with Crippen LogP contribution >= 0.6 is 0 Å². The Morgan fingerprint density at radius 1 is 0.919 bits per heavy atom. The lowest BCUT2D eigenvalue weighted by molar-refractivity contribution is 0.101. The number of fused-ring (bicyclic) bond motifs is 1. The second-order valence-electron chi connectivity index (χ2n) is 11.2. The van der Waals surface area contributed by atoms with Crippen molar-refractivity contribution in [3.05, 3.63) is 64.2 Å². The molecule has 0 aliphatic carbocycles. The number of benzene rings is 2. The van der Waals surface area contributed by atoms with Crippen molar-refractivity contribution in [3.63, 3.8) is 0 Å². The van der Waals surface area contributed by atoms with Crippen molar-refractivity contribution in [2.45, 2.75) is 117 Å². The first-order valence-electron chi connectivity index (χ1n) is 15.0. The summed E-state index contributed by atoms with van der Waals surface area (Å²) < 4.78 is 11.5. The number of Topliss-reactive ketones (excluding diaryl/α,β-unsaturated/α-hetero) is 1. The molecule has 0 bridgehead atoms. The maximum Gasteiger partial charge on any atom is 0.160 e. The number of ketones is 1. The smallest absolute Gasteiger partial charge is 0.160 e. The first-order chi connectivity index (χ1) is 18.0. The number of carbonyl (C=O) groups excluding carboxylic acids is 1. The Kier molecular flexibility index (Phi) is 12.7. The van der Waals surface area contributed by atoms with Gasteiger partial charge in [-0.2, -0.15) is 0 Å². The van der Waals surface area contributed by atoms with Crippen molar-refractivity contribution in [2.75, 3.05) is 13.2 Å². The predicted octanol–water partition coefficient (Wildman–Crippen LogP) is 8.72. The Labute approximate surface area is 226 Å². The van der Waals surface area contributed by atoms with Crippen molar-refractivity contribution < 1.29 is 14.3 Å². The molecule has 2 aromatic rings. The first-order valence-corrected chi connectivity index (χ1v) is 15.0. The highest BCUT2D eigenvalue weighted by Crippen LogP contribution is 2.28. The van der Waals surface area contributed by atoms with Crippen LogP contribution in [0.3, 0.4) is 0 Å². The SMILES string of the molecule is CCCCCCCc1ccc2c(c1)OCC(C)C2.CCCc1cc(CCC2CCCO2)ccc1C(C)=O. The fourth-order valence-corrected chi connectivity index (χ4v) is 5.48. The van der Waals surface area contributed by atoms with Crippen molar-refractivity contribution in [3.8, 4) is 5.75 Å². The molecule has 1 fully saturated rings. The van der Waals surface area contributed by atoms with E-state index in [2.05, 4.69) is 51.1 Å². The summed E-state index contributed by atoms with van der Waals surface area (Å²) >= 11 is 0. The lowest BCUT2D eigenvalue weighted by Gasteiger charge is -2.23. The summed E-state index contributed by atoms with van der Waals surface area (Å²) in [6, 6.07) is 13.1. The third-order valence-electron chi connectivity index (χ3n) is 7.64. The molecule has 0 N–H and O–H groups in total.